The molecule has 0 radical (unpaired) electrons. The highest BCUT2D eigenvalue weighted by Gasteiger charge is 2.01. The third-order valence-electron chi connectivity index (χ3n) is 3.10. The topological polar surface area (TPSA) is 26.3 Å². The molecule has 104 valence electrons. The summed E-state index contributed by atoms with van der Waals surface area (Å²) in [5, 5.41) is 0. The van der Waals surface area contributed by atoms with Crippen molar-refractivity contribution in [3.63, 3.8) is 0 Å². The number of hydrogen-bond donors (Lipinski definition) is 0. The van der Waals surface area contributed by atoms with E-state index in [0.29, 0.717) is 6.61 Å². The molecule has 1 aromatic rings. The number of esters is 1. The Hall–Kier alpha value is -1.57. The first kappa shape index (κ1) is 15.5. The third-order valence-corrected chi connectivity index (χ3v) is 3.10. The van der Waals surface area contributed by atoms with Gasteiger partial charge in [-0.3, -0.25) is 0 Å². The zero-order chi connectivity index (χ0) is 14.1. The number of hydrogen-bond acceptors (Lipinski definition) is 2. The van der Waals surface area contributed by atoms with Gasteiger partial charge in [0, 0.05) is 6.08 Å². The fourth-order valence-corrected chi connectivity index (χ4v) is 1.96. The maximum absolute atomic E-state index is 11.4. The minimum absolute atomic E-state index is 0.271. The number of aryl methyl sites for hydroxylation is 1. The van der Waals surface area contributed by atoms with Crippen LogP contribution < -0.4 is 0 Å². The molecule has 0 spiro atoms. The average molecular weight is 260 g/mol. The van der Waals surface area contributed by atoms with E-state index in [1.807, 2.05) is 13.8 Å². The van der Waals surface area contributed by atoms with Crippen molar-refractivity contribution in [1.29, 1.82) is 0 Å². The van der Waals surface area contributed by atoms with E-state index < -0.39 is 0 Å². The molecule has 0 aliphatic rings. The van der Waals surface area contributed by atoms with Crippen molar-refractivity contribution < 1.29 is 9.53 Å². The van der Waals surface area contributed by atoms with Crippen molar-refractivity contribution in [3.05, 3.63) is 41.5 Å². The smallest absolute Gasteiger partial charge is 0.331 e. The number of carbonyl (C=O) groups is 1. The lowest BCUT2D eigenvalue weighted by molar-refractivity contribution is -0.137. The lowest BCUT2D eigenvalue weighted by Gasteiger charge is -2.05. The molecule has 0 heterocycles. The van der Waals surface area contributed by atoms with E-state index in [-0.39, 0.29) is 5.97 Å². The van der Waals surface area contributed by atoms with Crippen LogP contribution in [0, 0.1) is 0 Å². The Labute approximate surface area is 116 Å². The van der Waals surface area contributed by atoms with Crippen molar-refractivity contribution in [1.82, 2.24) is 0 Å². The van der Waals surface area contributed by atoms with Crippen molar-refractivity contribution in [2.24, 2.45) is 0 Å². The Morgan fingerprint density at radius 2 is 1.84 bits per heavy atom. The zero-order valence-electron chi connectivity index (χ0n) is 12.2. The maximum atomic E-state index is 11.4. The van der Waals surface area contributed by atoms with Crippen molar-refractivity contribution in [2.75, 3.05) is 6.61 Å². The summed E-state index contributed by atoms with van der Waals surface area (Å²) >= 11 is 0. The predicted molar refractivity (Wildman–Crippen MR) is 80.0 cm³/mol. The molecule has 0 aliphatic carbocycles. The van der Waals surface area contributed by atoms with Crippen LogP contribution in [-0.4, -0.2) is 12.6 Å². The number of ether oxygens (including phenoxy) is 1. The van der Waals surface area contributed by atoms with Gasteiger partial charge in [-0.1, -0.05) is 44.0 Å². The summed E-state index contributed by atoms with van der Waals surface area (Å²) in [5.74, 6) is -0.271. The van der Waals surface area contributed by atoms with E-state index in [0.717, 1.165) is 17.6 Å². The van der Waals surface area contributed by atoms with E-state index in [4.69, 9.17) is 4.74 Å². The third kappa shape index (κ3) is 5.73. The Kier molecular flexibility index (Phi) is 6.94. The second-order valence-corrected chi connectivity index (χ2v) is 4.73. The lowest BCUT2D eigenvalue weighted by atomic mass is 10.0. The van der Waals surface area contributed by atoms with E-state index in [9.17, 15) is 4.79 Å². The van der Waals surface area contributed by atoms with Crippen LogP contribution in [0.5, 0.6) is 0 Å². The summed E-state index contributed by atoms with van der Waals surface area (Å²) in [4.78, 5) is 11.4. The number of carbonyl (C=O) groups excluding carboxylic acids is 1. The molecule has 0 amide bonds. The molecular formula is C17H24O2. The first-order chi connectivity index (χ1) is 9.17. The molecule has 0 aromatic heterocycles. The number of benzene rings is 1. The summed E-state index contributed by atoms with van der Waals surface area (Å²) in [6, 6.07) is 8.44. The van der Waals surface area contributed by atoms with Gasteiger partial charge in [0.2, 0.25) is 0 Å². The van der Waals surface area contributed by atoms with Crippen molar-refractivity contribution in [3.8, 4) is 0 Å². The molecule has 0 aliphatic heterocycles. The summed E-state index contributed by atoms with van der Waals surface area (Å²) in [7, 11) is 0. The fraction of sp³-hybridized carbons (Fsp3) is 0.471. The molecule has 0 unspecified atom stereocenters. The predicted octanol–water partition coefficient (Wildman–Crippen LogP) is 4.39. The van der Waals surface area contributed by atoms with Crippen LogP contribution in [-0.2, 0) is 16.0 Å². The number of rotatable bonds is 7. The van der Waals surface area contributed by atoms with Crippen LogP contribution in [0.15, 0.2) is 30.3 Å². The Bertz CT molecular complexity index is 415. The minimum atomic E-state index is -0.271. The normalized spacial score (nSPS) is 11.4. The van der Waals surface area contributed by atoms with Crippen LogP contribution in [0.2, 0.25) is 0 Å². The van der Waals surface area contributed by atoms with Gasteiger partial charge in [0.05, 0.1) is 6.61 Å². The van der Waals surface area contributed by atoms with Gasteiger partial charge in [0.15, 0.2) is 0 Å². The van der Waals surface area contributed by atoms with Gasteiger partial charge in [0.1, 0.15) is 0 Å². The maximum Gasteiger partial charge on any atom is 0.331 e. The molecule has 1 aromatic carbocycles. The first-order valence-corrected chi connectivity index (χ1v) is 7.11. The van der Waals surface area contributed by atoms with Crippen LogP contribution in [0.25, 0.3) is 5.57 Å². The summed E-state index contributed by atoms with van der Waals surface area (Å²) in [6.07, 6.45) is 6.46. The van der Waals surface area contributed by atoms with Gasteiger partial charge in [-0.05, 0) is 43.4 Å². The minimum Gasteiger partial charge on any atom is -0.463 e. The van der Waals surface area contributed by atoms with Gasteiger partial charge in [-0.25, -0.2) is 4.79 Å². The highest BCUT2D eigenvalue weighted by atomic mass is 16.5. The SMILES string of the molecule is CCCCCc1ccc(/C(C)=C/C(=O)OCC)cc1. The highest BCUT2D eigenvalue weighted by Crippen LogP contribution is 2.16. The van der Waals surface area contributed by atoms with Gasteiger partial charge < -0.3 is 4.74 Å². The van der Waals surface area contributed by atoms with E-state index >= 15 is 0 Å². The molecule has 2 nitrogen and oxygen atoms in total. The molecule has 0 bridgehead atoms. The van der Waals surface area contributed by atoms with Crippen LogP contribution in [0.1, 0.15) is 51.2 Å². The van der Waals surface area contributed by atoms with E-state index in [2.05, 4.69) is 31.2 Å². The standard InChI is InChI=1S/C17H24O2/c1-4-6-7-8-15-9-11-16(12-10-15)14(3)13-17(18)19-5-2/h9-13H,4-8H2,1-3H3/b14-13+. The van der Waals surface area contributed by atoms with Crippen LogP contribution in [0.4, 0.5) is 0 Å². The molecule has 0 atom stereocenters. The number of unbranched alkanes of at least 4 members (excludes halogenated alkanes) is 2. The van der Waals surface area contributed by atoms with Gasteiger partial charge in [-0.2, -0.15) is 0 Å². The van der Waals surface area contributed by atoms with Gasteiger partial charge >= 0.3 is 5.97 Å². The Balaban J connectivity index is 2.62. The summed E-state index contributed by atoms with van der Waals surface area (Å²) in [6.45, 7) is 6.38. The molecule has 19 heavy (non-hydrogen) atoms. The second kappa shape index (κ2) is 8.52. The second-order valence-electron chi connectivity index (χ2n) is 4.73. The quantitative estimate of drug-likeness (QED) is 0.413. The molecule has 2 heteroatoms. The Morgan fingerprint density at radius 1 is 1.16 bits per heavy atom. The highest BCUT2D eigenvalue weighted by molar-refractivity contribution is 5.90. The summed E-state index contributed by atoms with van der Waals surface area (Å²) in [5.41, 5.74) is 3.38. The lowest BCUT2D eigenvalue weighted by Crippen LogP contribution is -2.00. The van der Waals surface area contributed by atoms with E-state index in [1.165, 1.54) is 24.8 Å². The van der Waals surface area contributed by atoms with Crippen molar-refractivity contribution in [2.45, 2.75) is 46.5 Å². The van der Waals surface area contributed by atoms with Gasteiger partial charge in [0.25, 0.3) is 0 Å². The number of allylic oxidation sites excluding steroid dienone is 1. The molecule has 1 rings (SSSR count). The van der Waals surface area contributed by atoms with Crippen molar-refractivity contribution >= 4 is 11.5 Å². The molecule has 0 saturated heterocycles. The van der Waals surface area contributed by atoms with Crippen LogP contribution >= 0.6 is 0 Å². The first-order valence-electron chi connectivity index (χ1n) is 7.11. The van der Waals surface area contributed by atoms with E-state index in [1.54, 1.807) is 6.08 Å². The molecule has 0 fully saturated rings. The molecule has 0 saturated carbocycles. The van der Waals surface area contributed by atoms with Gasteiger partial charge in [-0.15, -0.1) is 0 Å². The monoisotopic (exact) mass is 260 g/mol. The largest absolute Gasteiger partial charge is 0.463 e. The Morgan fingerprint density at radius 3 is 2.42 bits per heavy atom. The molecule has 0 N–H and O–H groups in total. The summed E-state index contributed by atoms with van der Waals surface area (Å²) < 4.78 is 4.91. The fourth-order valence-electron chi connectivity index (χ4n) is 1.96. The molecular weight excluding hydrogens is 236 g/mol. The average Bonchev–Trinajstić information content (AvgIpc) is 2.40. The van der Waals surface area contributed by atoms with Crippen LogP contribution in [0.3, 0.4) is 0 Å². The zero-order valence-corrected chi connectivity index (χ0v) is 12.2.